The summed E-state index contributed by atoms with van der Waals surface area (Å²) < 4.78 is 10.3. The van der Waals surface area contributed by atoms with Gasteiger partial charge in [0, 0.05) is 12.1 Å². The van der Waals surface area contributed by atoms with Gasteiger partial charge >= 0.3 is 6.01 Å². The van der Waals surface area contributed by atoms with Crippen LogP contribution in [0.1, 0.15) is 18.4 Å². The fourth-order valence-corrected chi connectivity index (χ4v) is 1.20. The zero-order valence-corrected chi connectivity index (χ0v) is 9.06. The van der Waals surface area contributed by atoms with Crippen LogP contribution in [0, 0.1) is 0 Å². The molecule has 86 valence electrons. The Kier molecular flexibility index (Phi) is 3.55. The lowest BCUT2D eigenvalue weighted by Crippen LogP contribution is -2.11. The molecule has 16 heavy (non-hydrogen) atoms. The zero-order valence-electron chi connectivity index (χ0n) is 9.06. The second kappa shape index (κ2) is 5.32. The maximum atomic E-state index is 5.36. The molecule has 2 aromatic heterocycles. The van der Waals surface area contributed by atoms with E-state index < -0.39 is 0 Å². The van der Waals surface area contributed by atoms with Gasteiger partial charge < -0.3 is 19.5 Å². The minimum absolute atomic E-state index is 0.425. The van der Waals surface area contributed by atoms with Crippen LogP contribution in [0.2, 0.25) is 0 Å². The van der Waals surface area contributed by atoms with E-state index in [0.29, 0.717) is 25.0 Å². The third kappa shape index (κ3) is 2.83. The zero-order chi connectivity index (χ0) is 11.2. The van der Waals surface area contributed by atoms with Crippen LogP contribution in [0.4, 0.5) is 6.01 Å². The smallest absolute Gasteiger partial charge is 0.315 e. The van der Waals surface area contributed by atoms with Crippen LogP contribution in [0.5, 0.6) is 0 Å². The molecule has 0 saturated heterocycles. The van der Waals surface area contributed by atoms with Crippen molar-refractivity contribution in [2.75, 3.05) is 11.9 Å². The molecule has 0 aromatic carbocycles. The third-order valence-electron chi connectivity index (χ3n) is 2.02. The van der Waals surface area contributed by atoms with E-state index in [4.69, 9.17) is 8.83 Å². The number of anilines is 1. The van der Waals surface area contributed by atoms with Gasteiger partial charge in [0.15, 0.2) is 0 Å². The number of hydrogen-bond acceptors (Lipinski definition) is 6. The summed E-state index contributed by atoms with van der Waals surface area (Å²) in [5.41, 5.74) is 1.03. The highest BCUT2D eigenvalue weighted by molar-refractivity contribution is 5.20. The van der Waals surface area contributed by atoms with Crippen molar-refractivity contribution in [1.29, 1.82) is 0 Å². The van der Waals surface area contributed by atoms with E-state index in [1.807, 2.05) is 13.0 Å². The fraction of sp³-hybridized carbons (Fsp3) is 0.400. The van der Waals surface area contributed by atoms with E-state index in [-0.39, 0.29) is 0 Å². The molecule has 0 radical (unpaired) electrons. The summed E-state index contributed by atoms with van der Waals surface area (Å²) in [6, 6.07) is 2.30. The Morgan fingerprint density at radius 1 is 1.31 bits per heavy atom. The molecule has 0 bridgehead atoms. The van der Waals surface area contributed by atoms with Crippen LogP contribution in [0.15, 0.2) is 27.4 Å². The highest BCUT2D eigenvalue weighted by Crippen LogP contribution is 2.08. The first-order valence-electron chi connectivity index (χ1n) is 5.16. The van der Waals surface area contributed by atoms with Gasteiger partial charge in [-0.25, -0.2) is 0 Å². The van der Waals surface area contributed by atoms with Crippen LogP contribution in [-0.2, 0) is 13.1 Å². The number of nitrogens with zero attached hydrogens (tertiary/aromatic N) is 2. The molecular formula is C10H14N4O2. The van der Waals surface area contributed by atoms with E-state index in [1.165, 1.54) is 0 Å². The minimum Gasteiger partial charge on any atom is -0.472 e. The predicted octanol–water partition coefficient (Wildman–Crippen LogP) is 1.38. The molecule has 2 heterocycles. The Hall–Kier alpha value is -1.82. The molecule has 0 amide bonds. The van der Waals surface area contributed by atoms with Gasteiger partial charge in [-0.3, -0.25) is 0 Å². The van der Waals surface area contributed by atoms with Crippen LogP contribution in [0.3, 0.4) is 0 Å². The number of aromatic nitrogens is 2. The lowest BCUT2D eigenvalue weighted by atomic mass is 10.3. The molecule has 6 nitrogen and oxygen atoms in total. The largest absolute Gasteiger partial charge is 0.472 e. The molecule has 0 aliphatic heterocycles. The van der Waals surface area contributed by atoms with Gasteiger partial charge in [-0.15, -0.1) is 5.10 Å². The first-order chi connectivity index (χ1) is 7.88. The van der Waals surface area contributed by atoms with Gasteiger partial charge in [0.2, 0.25) is 5.89 Å². The van der Waals surface area contributed by atoms with E-state index in [9.17, 15) is 0 Å². The highest BCUT2D eigenvalue weighted by Gasteiger charge is 2.04. The average molecular weight is 222 g/mol. The molecule has 0 atom stereocenters. The molecule has 6 heteroatoms. The van der Waals surface area contributed by atoms with E-state index in [1.54, 1.807) is 12.5 Å². The van der Waals surface area contributed by atoms with Gasteiger partial charge in [-0.05, 0) is 12.6 Å². The maximum absolute atomic E-state index is 5.36. The molecule has 0 aliphatic rings. The molecule has 2 N–H and O–H groups in total. The van der Waals surface area contributed by atoms with Crippen molar-refractivity contribution in [3.05, 3.63) is 30.0 Å². The van der Waals surface area contributed by atoms with E-state index in [0.717, 1.165) is 12.1 Å². The van der Waals surface area contributed by atoms with E-state index in [2.05, 4.69) is 20.8 Å². The van der Waals surface area contributed by atoms with Crippen LogP contribution in [-0.4, -0.2) is 16.7 Å². The second-order valence-corrected chi connectivity index (χ2v) is 3.27. The molecule has 2 rings (SSSR count). The fourth-order valence-electron chi connectivity index (χ4n) is 1.20. The third-order valence-corrected chi connectivity index (χ3v) is 2.02. The van der Waals surface area contributed by atoms with Crippen molar-refractivity contribution in [3.63, 3.8) is 0 Å². The molecule has 0 aliphatic carbocycles. The van der Waals surface area contributed by atoms with Crippen molar-refractivity contribution in [2.45, 2.75) is 20.0 Å². The van der Waals surface area contributed by atoms with Crippen molar-refractivity contribution < 1.29 is 8.83 Å². The Morgan fingerprint density at radius 2 is 2.25 bits per heavy atom. The lowest BCUT2D eigenvalue weighted by Gasteiger charge is -1.97. The van der Waals surface area contributed by atoms with E-state index >= 15 is 0 Å². The Labute approximate surface area is 93.0 Å². The minimum atomic E-state index is 0.425. The monoisotopic (exact) mass is 222 g/mol. The number of nitrogens with one attached hydrogen (secondary N) is 2. The lowest BCUT2D eigenvalue weighted by molar-refractivity contribution is 0.481. The molecule has 2 aromatic rings. The molecular weight excluding hydrogens is 208 g/mol. The number of hydrogen-bond donors (Lipinski definition) is 2. The summed E-state index contributed by atoms with van der Waals surface area (Å²) in [4.78, 5) is 0. The molecule has 0 unspecified atom stereocenters. The molecule has 0 fully saturated rings. The predicted molar refractivity (Wildman–Crippen MR) is 57.7 cm³/mol. The summed E-state index contributed by atoms with van der Waals surface area (Å²) in [5.74, 6) is 0.580. The first kappa shape index (κ1) is 10.7. The molecule has 0 spiro atoms. The van der Waals surface area contributed by atoms with Crippen LogP contribution < -0.4 is 10.6 Å². The first-order valence-corrected chi connectivity index (χ1v) is 5.16. The Balaban J connectivity index is 1.83. The van der Waals surface area contributed by atoms with Gasteiger partial charge in [0.1, 0.15) is 0 Å². The highest BCUT2D eigenvalue weighted by atomic mass is 16.4. The Morgan fingerprint density at radius 3 is 3.00 bits per heavy atom. The van der Waals surface area contributed by atoms with Gasteiger partial charge in [0.25, 0.3) is 0 Å². The van der Waals surface area contributed by atoms with Gasteiger partial charge in [-0.2, -0.15) is 0 Å². The summed E-state index contributed by atoms with van der Waals surface area (Å²) in [6.07, 6.45) is 3.30. The molecule has 0 saturated carbocycles. The average Bonchev–Trinajstić information content (AvgIpc) is 2.95. The summed E-state index contributed by atoms with van der Waals surface area (Å²) >= 11 is 0. The van der Waals surface area contributed by atoms with Gasteiger partial charge in [-0.1, -0.05) is 12.0 Å². The topological polar surface area (TPSA) is 76.1 Å². The van der Waals surface area contributed by atoms with Crippen molar-refractivity contribution in [2.24, 2.45) is 0 Å². The summed E-state index contributed by atoms with van der Waals surface area (Å²) in [7, 11) is 0. The van der Waals surface area contributed by atoms with Gasteiger partial charge in [0.05, 0.1) is 19.1 Å². The number of rotatable bonds is 6. The van der Waals surface area contributed by atoms with Crippen molar-refractivity contribution in [1.82, 2.24) is 15.5 Å². The second-order valence-electron chi connectivity index (χ2n) is 3.27. The van der Waals surface area contributed by atoms with Crippen LogP contribution >= 0.6 is 0 Å². The normalized spacial score (nSPS) is 10.6. The standard InChI is InChI=1S/C10H14N4O2/c1-2-11-6-9-13-14-10(16-9)12-5-8-3-4-15-7-8/h3-4,7,11H,2,5-6H2,1H3,(H,12,14). The van der Waals surface area contributed by atoms with Crippen molar-refractivity contribution >= 4 is 6.01 Å². The SMILES string of the molecule is CCNCc1nnc(NCc2ccoc2)o1. The summed E-state index contributed by atoms with van der Waals surface area (Å²) in [5, 5.41) is 13.9. The maximum Gasteiger partial charge on any atom is 0.315 e. The Bertz CT molecular complexity index is 410. The van der Waals surface area contributed by atoms with Crippen molar-refractivity contribution in [3.8, 4) is 0 Å². The quantitative estimate of drug-likeness (QED) is 0.769. The number of furan rings is 1. The van der Waals surface area contributed by atoms with Crippen LogP contribution in [0.25, 0.3) is 0 Å². The summed E-state index contributed by atoms with van der Waals surface area (Å²) in [6.45, 7) is 4.10.